The Bertz CT molecular complexity index is 632. The van der Waals surface area contributed by atoms with Crippen LogP contribution in [0.4, 0.5) is 10.1 Å². The molecule has 3 nitrogen and oxygen atoms in total. The molecule has 0 radical (unpaired) electrons. The molecule has 2 aromatic rings. The Kier molecular flexibility index (Phi) is 4.57. The monoisotopic (exact) mass is 313 g/mol. The Balaban J connectivity index is 2.14. The molecular formula is C14H10Cl2FNO2. The normalized spacial score (nSPS) is 12.2. The number of non-ortho nitro benzene ring substituents is 1. The molecule has 0 spiro atoms. The summed E-state index contributed by atoms with van der Waals surface area (Å²) in [7, 11) is 0. The van der Waals surface area contributed by atoms with Crippen molar-refractivity contribution < 1.29 is 9.31 Å². The highest BCUT2D eigenvalue weighted by Crippen LogP contribution is 2.29. The lowest BCUT2D eigenvalue weighted by Gasteiger charge is -2.11. The van der Waals surface area contributed by atoms with Gasteiger partial charge in [-0.1, -0.05) is 29.8 Å². The molecular weight excluding hydrogens is 304 g/mol. The van der Waals surface area contributed by atoms with Gasteiger partial charge in [-0.25, -0.2) is 4.39 Å². The maximum absolute atomic E-state index is 13.7. The van der Waals surface area contributed by atoms with Crippen molar-refractivity contribution in [3.63, 3.8) is 0 Å². The maximum atomic E-state index is 13.7. The summed E-state index contributed by atoms with van der Waals surface area (Å²) in [5.41, 5.74) is 1.16. The summed E-state index contributed by atoms with van der Waals surface area (Å²) < 4.78 is 13.7. The second-order valence-corrected chi connectivity index (χ2v) is 5.22. The maximum Gasteiger partial charge on any atom is 0.269 e. The molecule has 0 heterocycles. The Labute approximate surface area is 125 Å². The summed E-state index contributed by atoms with van der Waals surface area (Å²) in [5, 5.41) is 10.3. The van der Waals surface area contributed by atoms with E-state index in [4.69, 9.17) is 23.2 Å². The lowest BCUT2D eigenvalue weighted by molar-refractivity contribution is -0.384. The van der Waals surface area contributed by atoms with Gasteiger partial charge in [-0.15, -0.1) is 11.6 Å². The lowest BCUT2D eigenvalue weighted by Crippen LogP contribution is -1.99. The van der Waals surface area contributed by atoms with E-state index in [1.54, 1.807) is 24.3 Å². The first-order valence-corrected chi connectivity index (χ1v) is 6.61. The minimum Gasteiger partial charge on any atom is -0.258 e. The fourth-order valence-electron chi connectivity index (χ4n) is 1.83. The van der Waals surface area contributed by atoms with Gasteiger partial charge >= 0.3 is 0 Å². The predicted octanol–water partition coefficient (Wildman–Crippen LogP) is 4.91. The summed E-state index contributed by atoms with van der Waals surface area (Å²) in [6.07, 6.45) is 0.373. The Hall–Kier alpha value is -1.65. The molecule has 20 heavy (non-hydrogen) atoms. The van der Waals surface area contributed by atoms with Gasteiger partial charge in [0.05, 0.1) is 10.3 Å². The quantitative estimate of drug-likeness (QED) is 0.457. The highest BCUT2D eigenvalue weighted by Gasteiger charge is 2.14. The van der Waals surface area contributed by atoms with Crippen LogP contribution in [0.1, 0.15) is 16.5 Å². The minimum absolute atomic E-state index is 0.0116. The zero-order valence-electron chi connectivity index (χ0n) is 10.2. The van der Waals surface area contributed by atoms with Crippen LogP contribution >= 0.6 is 23.2 Å². The first kappa shape index (κ1) is 14.8. The largest absolute Gasteiger partial charge is 0.269 e. The average Bonchev–Trinajstić information content (AvgIpc) is 2.39. The summed E-state index contributed by atoms with van der Waals surface area (Å²) in [6.45, 7) is 0. The third-order valence-electron chi connectivity index (χ3n) is 2.86. The van der Waals surface area contributed by atoms with Gasteiger partial charge < -0.3 is 0 Å². The molecule has 1 unspecified atom stereocenters. The predicted molar refractivity (Wildman–Crippen MR) is 76.8 cm³/mol. The van der Waals surface area contributed by atoms with E-state index in [-0.39, 0.29) is 5.69 Å². The highest BCUT2D eigenvalue weighted by atomic mass is 35.5. The fourth-order valence-corrected chi connectivity index (χ4v) is 2.34. The number of alkyl halides is 1. The summed E-state index contributed by atoms with van der Waals surface area (Å²) in [5.74, 6) is -0.459. The zero-order chi connectivity index (χ0) is 14.7. The van der Waals surface area contributed by atoms with Crippen LogP contribution in [-0.2, 0) is 6.42 Å². The van der Waals surface area contributed by atoms with Crippen molar-refractivity contribution in [1.29, 1.82) is 0 Å². The molecule has 2 aromatic carbocycles. The number of rotatable bonds is 4. The molecule has 0 saturated carbocycles. The van der Waals surface area contributed by atoms with Gasteiger partial charge in [-0.3, -0.25) is 10.1 Å². The van der Waals surface area contributed by atoms with Crippen LogP contribution in [-0.4, -0.2) is 4.92 Å². The molecule has 0 amide bonds. The molecule has 0 aliphatic heterocycles. The van der Waals surface area contributed by atoms with Gasteiger partial charge in [0, 0.05) is 22.7 Å². The number of nitro groups is 1. The van der Waals surface area contributed by atoms with Crippen molar-refractivity contribution in [3.8, 4) is 0 Å². The van der Waals surface area contributed by atoms with Crippen LogP contribution in [0, 0.1) is 15.9 Å². The number of halogens is 3. The Morgan fingerprint density at radius 2 is 1.85 bits per heavy atom. The molecule has 0 N–H and O–H groups in total. The smallest absolute Gasteiger partial charge is 0.258 e. The van der Waals surface area contributed by atoms with E-state index in [0.29, 0.717) is 17.0 Å². The first-order valence-electron chi connectivity index (χ1n) is 5.79. The number of benzene rings is 2. The summed E-state index contributed by atoms with van der Waals surface area (Å²) in [4.78, 5) is 10.1. The Morgan fingerprint density at radius 3 is 2.40 bits per heavy atom. The van der Waals surface area contributed by atoms with Gasteiger partial charge in [0.1, 0.15) is 5.82 Å². The van der Waals surface area contributed by atoms with E-state index in [1.165, 1.54) is 18.2 Å². The zero-order valence-corrected chi connectivity index (χ0v) is 11.7. The van der Waals surface area contributed by atoms with Crippen molar-refractivity contribution in [2.75, 3.05) is 0 Å². The van der Waals surface area contributed by atoms with Gasteiger partial charge in [-0.05, 0) is 24.1 Å². The summed E-state index contributed by atoms with van der Waals surface area (Å²) in [6, 6.07) is 10.4. The van der Waals surface area contributed by atoms with E-state index >= 15 is 0 Å². The third kappa shape index (κ3) is 3.46. The number of nitrogens with zero attached hydrogens (tertiary/aromatic N) is 1. The number of hydrogen-bond acceptors (Lipinski definition) is 2. The first-order chi connectivity index (χ1) is 9.47. The molecule has 104 valence electrons. The van der Waals surface area contributed by atoms with Crippen molar-refractivity contribution in [3.05, 3.63) is 74.5 Å². The van der Waals surface area contributed by atoms with Crippen LogP contribution in [0.2, 0.25) is 5.02 Å². The van der Waals surface area contributed by atoms with Crippen LogP contribution in [0.15, 0.2) is 42.5 Å². The SMILES string of the molecule is O=[N+]([O-])c1ccc(CC(Cl)c2ccc(Cl)cc2F)cc1. The molecule has 0 bridgehead atoms. The van der Waals surface area contributed by atoms with Crippen molar-refractivity contribution in [2.24, 2.45) is 0 Å². The number of nitro benzene ring substituents is 1. The van der Waals surface area contributed by atoms with E-state index in [9.17, 15) is 14.5 Å². The van der Waals surface area contributed by atoms with E-state index in [0.717, 1.165) is 5.56 Å². The third-order valence-corrected chi connectivity index (χ3v) is 3.49. The van der Waals surface area contributed by atoms with Gasteiger partial charge in [-0.2, -0.15) is 0 Å². The topological polar surface area (TPSA) is 43.1 Å². The van der Waals surface area contributed by atoms with E-state index in [2.05, 4.69) is 0 Å². The molecule has 0 fully saturated rings. The van der Waals surface area contributed by atoms with Crippen molar-refractivity contribution in [1.82, 2.24) is 0 Å². The van der Waals surface area contributed by atoms with Crippen molar-refractivity contribution in [2.45, 2.75) is 11.8 Å². The second-order valence-electron chi connectivity index (χ2n) is 4.26. The average molecular weight is 314 g/mol. The Morgan fingerprint density at radius 1 is 1.20 bits per heavy atom. The summed E-state index contributed by atoms with van der Waals surface area (Å²) >= 11 is 11.9. The van der Waals surface area contributed by atoms with Gasteiger partial charge in [0.15, 0.2) is 0 Å². The molecule has 6 heteroatoms. The van der Waals surface area contributed by atoms with E-state index in [1.807, 2.05) is 0 Å². The van der Waals surface area contributed by atoms with Crippen LogP contribution in [0.3, 0.4) is 0 Å². The fraction of sp³-hybridized carbons (Fsp3) is 0.143. The highest BCUT2D eigenvalue weighted by molar-refractivity contribution is 6.30. The van der Waals surface area contributed by atoms with E-state index < -0.39 is 16.1 Å². The minimum atomic E-state index is -0.561. The van der Waals surface area contributed by atoms with Crippen molar-refractivity contribution >= 4 is 28.9 Å². The molecule has 0 saturated heterocycles. The van der Waals surface area contributed by atoms with Gasteiger partial charge in [0.2, 0.25) is 0 Å². The molecule has 0 aromatic heterocycles. The van der Waals surface area contributed by atoms with Crippen LogP contribution in [0.5, 0.6) is 0 Å². The molecule has 0 aliphatic rings. The van der Waals surface area contributed by atoms with Gasteiger partial charge in [0.25, 0.3) is 5.69 Å². The molecule has 2 rings (SSSR count). The molecule has 0 aliphatic carbocycles. The van der Waals surface area contributed by atoms with Crippen LogP contribution in [0.25, 0.3) is 0 Å². The molecule has 1 atom stereocenters. The standard InChI is InChI=1S/C14H10Cl2FNO2/c15-10-3-6-12(14(17)8-10)13(16)7-9-1-4-11(5-2-9)18(19)20/h1-6,8,13H,7H2. The lowest BCUT2D eigenvalue weighted by atomic mass is 10.0. The number of hydrogen-bond donors (Lipinski definition) is 0. The second kappa shape index (κ2) is 6.20. The van der Waals surface area contributed by atoms with Crippen LogP contribution < -0.4 is 0 Å².